The van der Waals surface area contributed by atoms with E-state index in [1.807, 2.05) is 6.07 Å². The van der Waals surface area contributed by atoms with Crippen LogP contribution in [-0.2, 0) is 10.9 Å². The van der Waals surface area contributed by atoms with Crippen LogP contribution >= 0.6 is 0 Å². The van der Waals surface area contributed by atoms with Crippen LogP contribution in [0.1, 0.15) is 18.2 Å². The molecular formula is C13H15F3N4O. The number of pyridine rings is 1. The second-order valence-corrected chi connectivity index (χ2v) is 4.89. The maximum atomic E-state index is 12.8. The first-order chi connectivity index (χ1) is 9.82. The smallest absolute Gasteiger partial charge is 0.373 e. The first kappa shape index (κ1) is 15.5. The average Bonchev–Trinajstić information content (AvgIpc) is 2.45. The third kappa shape index (κ3) is 3.43. The number of nitrogens with zero attached hydrogens (tertiary/aromatic N) is 3. The lowest BCUT2D eigenvalue weighted by atomic mass is 10.1. The molecule has 1 saturated heterocycles. The van der Waals surface area contributed by atoms with Crippen LogP contribution in [0.4, 0.5) is 19.0 Å². The molecule has 1 aromatic rings. The minimum Gasteiger partial charge on any atom is -0.373 e. The number of hydrogen-bond donors (Lipinski definition) is 1. The predicted octanol–water partition coefficient (Wildman–Crippen LogP) is 1.52. The molecule has 2 atom stereocenters. The fraction of sp³-hybridized carbons (Fsp3) is 0.538. The van der Waals surface area contributed by atoms with Crippen molar-refractivity contribution in [3.05, 3.63) is 23.4 Å². The van der Waals surface area contributed by atoms with Crippen LogP contribution < -0.4 is 10.6 Å². The highest BCUT2D eigenvalue weighted by Crippen LogP contribution is 2.31. The highest BCUT2D eigenvalue weighted by atomic mass is 19.4. The summed E-state index contributed by atoms with van der Waals surface area (Å²) in [6, 6.07) is 3.56. The number of nitrogens with two attached hydrogens (primary N) is 1. The van der Waals surface area contributed by atoms with Crippen LogP contribution in [-0.4, -0.2) is 36.8 Å². The Bertz CT molecular complexity index is 553. The van der Waals surface area contributed by atoms with Gasteiger partial charge in [-0.25, -0.2) is 4.98 Å². The summed E-state index contributed by atoms with van der Waals surface area (Å²) in [5, 5.41) is 9.06. The molecule has 0 aromatic carbocycles. The molecule has 114 valence electrons. The quantitative estimate of drug-likeness (QED) is 0.896. The van der Waals surface area contributed by atoms with Gasteiger partial charge in [0, 0.05) is 19.1 Å². The molecule has 5 nitrogen and oxygen atoms in total. The Balaban J connectivity index is 2.35. The Morgan fingerprint density at radius 1 is 1.52 bits per heavy atom. The highest BCUT2D eigenvalue weighted by Gasteiger charge is 2.34. The van der Waals surface area contributed by atoms with Crippen molar-refractivity contribution in [3.8, 4) is 6.07 Å². The maximum Gasteiger partial charge on any atom is 0.433 e. The van der Waals surface area contributed by atoms with E-state index in [1.54, 1.807) is 11.8 Å². The molecular weight excluding hydrogens is 285 g/mol. The van der Waals surface area contributed by atoms with Crippen molar-refractivity contribution < 1.29 is 17.9 Å². The lowest BCUT2D eigenvalue weighted by Crippen LogP contribution is -2.50. The standard InChI is InChI=1S/C13H15F3N4O/c1-8(18)10-7-20(4-5-21-10)12-9(6-17)2-3-11(19-12)13(14,15)16/h2-3,8,10H,4-5,7,18H2,1H3. The van der Waals surface area contributed by atoms with Crippen molar-refractivity contribution in [1.29, 1.82) is 5.26 Å². The predicted molar refractivity (Wildman–Crippen MR) is 69.6 cm³/mol. The fourth-order valence-corrected chi connectivity index (χ4v) is 2.12. The summed E-state index contributed by atoms with van der Waals surface area (Å²) in [6.45, 7) is 2.76. The number of halogens is 3. The van der Waals surface area contributed by atoms with Crippen molar-refractivity contribution >= 4 is 5.82 Å². The molecule has 2 unspecified atom stereocenters. The van der Waals surface area contributed by atoms with Gasteiger partial charge in [-0.05, 0) is 19.1 Å². The van der Waals surface area contributed by atoms with E-state index in [2.05, 4.69) is 4.98 Å². The van der Waals surface area contributed by atoms with Crippen LogP contribution in [0.2, 0.25) is 0 Å². The molecule has 1 fully saturated rings. The molecule has 0 amide bonds. The van der Waals surface area contributed by atoms with Gasteiger partial charge in [-0.2, -0.15) is 18.4 Å². The van der Waals surface area contributed by atoms with Gasteiger partial charge >= 0.3 is 6.18 Å². The average molecular weight is 300 g/mol. The Kier molecular flexibility index (Phi) is 4.34. The maximum absolute atomic E-state index is 12.8. The number of aromatic nitrogens is 1. The van der Waals surface area contributed by atoms with Crippen molar-refractivity contribution in [2.75, 3.05) is 24.6 Å². The zero-order valence-electron chi connectivity index (χ0n) is 11.4. The van der Waals surface area contributed by atoms with Crippen molar-refractivity contribution in [2.45, 2.75) is 25.2 Å². The van der Waals surface area contributed by atoms with Gasteiger partial charge in [0.05, 0.1) is 18.3 Å². The molecule has 0 bridgehead atoms. The zero-order chi connectivity index (χ0) is 15.6. The normalized spacial score (nSPS) is 21.0. The van der Waals surface area contributed by atoms with Crippen LogP contribution in [0.15, 0.2) is 12.1 Å². The topological polar surface area (TPSA) is 75.2 Å². The molecule has 0 spiro atoms. The number of alkyl halides is 3. The third-order valence-corrected chi connectivity index (χ3v) is 3.27. The number of hydrogen-bond acceptors (Lipinski definition) is 5. The molecule has 0 radical (unpaired) electrons. The van der Waals surface area contributed by atoms with Gasteiger partial charge in [0.2, 0.25) is 0 Å². The second-order valence-electron chi connectivity index (χ2n) is 4.89. The van der Waals surface area contributed by atoms with Crippen LogP contribution in [0.5, 0.6) is 0 Å². The van der Waals surface area contributed by atoms with Gasteiger partial charge in [0.1, 0.15) is 17.6 Å². The largest absolute Gasteiger partial charge is 0.433 e. The highest BCUT2D eigenvalue weighted by molar-refractivity contribution is 5.55. The molecule has 0 saturated carbocycles. The summed E-state index contributed by atoms with van der Waals surface area (Å²) in [4.78, 5) is 5.23. The van der Waals surface area contributed by atoms with Gasteiger partial charge in [0.15, 0.2) is 0 Å². The molecule has 8 heteroatoms. The van der Waals surface area contributed by atoms with E-state index in [-0.39, 0.29) is 23.5 Å². The third-order valence-electron chi connectivity index (χ3n) is 3.27. The summed E-state index contributed by atoms with van der Waals surface area (Å²) >= 11 is 0. The Morgan fingerprint density at radius 2 is 2.24 bits per heavy atom. The number of anilines is 1. The Morgan fingerprint density at radius 3 is 2.81 bits per heavy atom. The van der Waals surface area contributed by atoms with Gasteiger partial charge in [-0.15, -0.1) is 0 Å². The van der Waals surface area contributed by atoms with E-state index in [1.165, 1.54) is 0 Å². The molecule has 1 aliphatic heterocycles. The summed E-state index contributed by atoms with van der Waals surface area (Å²) in [5.41, 5.74) is 4.85. The SMILES string of the molecule is CC(N)C1CN(c2nc(C(F)(F)F)ccc2C#N)CCO1. The van der Waals surface area contributed by atoms with Crippen LogP contribution in [0.25, 0.3) is 0 Å². The first-order valence-corrected chi connectivity index (χ1v) is 6.43. The molecule has 0 aliphatic carbocycles. The molecule has 2 N–H and O–H groups in total. The molecule has 1 aromatic heterocycles. The summed E-state index contributed by atoms with van der Waals surface area (Å²) in [5.74, 6) is 0.0290. The minimum absolute atomic E-state index is 0.0290. The zero-order valence-corrected chi connectivity index (χ0v) is 11.4. The molecule has 21 heavy (non-hydrogen) atoms. The second kappa shape index (κ2) is 5.87. The van der Waals surface area contributed by atoms with Crippen LogP contribution in [0, 0.1) is 11.3 Å². The first-order valence-electron chi connectivity index (χ1n) is 6.43. The number of morpholine rings is 1. The van der Waals surface area contributed by atoms with E-state index >= 15 is 0 Å². The van der Waals surface area contributed by atoms with Gasteiger partial charge in [-0.3, -0.25) is 0 Å². The number of ether oxygens (including phenoxy) is 1. The van der Waals surface area contributed by atoms with Gasteiger partial charge in [0.25, 0.3) is 0 Å². The summed E-state index contributed by atoms with van der Waals surface area (Å²) in [6.07, 6.45) is -4.85. The number of nitriles is 1. The molecule has 2 heterocycles. The van der Waals surface area contributed by atoms with Crippen molar-refractivity contribution in [1.82, 2.24) is 4.98 Å². The lowest BCUT2D eigenvalue weighted by molar-refractivity contribution is -0.141. The van der Waals surface area contributed by atoms with Crippen molar-refractivity contribution in [3.63, 3.8) is 0 Å². The lowest BCUT2D eigenvalue weighted by Gasteiger charge is -2.35. The van der Waals surface area contributed by atoms with Crippen LogP contribution in [0.3, 0.4) is 0 Å². The van der Waals surface area contributed by atoms with E-state index in [9.17, 15) is 13.2 Å². The molecule has 1 aliphatic rings. The van der Waals surface area contributed by atoms with Gasteiger partial charge in [-0.1, -0.05) is 0 Å². The fourth-order valence-electron chi connectivity index (χ4n) is 2.12. The summed E-state index contributed by atoms with van der Waals surface area (Å²) in [7, 11) is 0. The minimum atomic E-state index is -4.55. The van der Waals surface area contributed by atoms with E-state index in [0.717, 1.165) is 12.1 Å². The number of rotatable bonds is 2. The van der Waals surface area contributed by atoms with E-state index in [0.29, 0.717) is 19.7 Å². The Hall–Kier alpha value is -1.85. The summed E-state index contributed by atoms with van der Waals surface area (Å²) < 4.78 is 43.8. The monoisotopic (exact) mass is 300 g/mol. The molecule has 2 rings (SSSR count). The van der Waals surface area contributed by atoms with E-state index < -0.39 is 11.9 Å². The van der Waals surface area contributed by atoms with E-state index in [4.69, 9.17) is 15.7 Å². The van der Waals surface area contributed by atoms with Crippen molar-refractivity contribution in [2.24, 2.45) is 5.73 Å². The Labute approximate surface area is 120 Å². The van der Waals surface area contributed by atoms with Gasteiger partial charge < -0.3 is 15.4 Å².